The van der Waals surface area contributed by atoms with Gasteiger partial charge in [-0.25, -0.2) is 16.8 Å². The van der Waals surface area contributed by atoms with Gasteiger partial charge in [-0.1, -0.05) is 61.9 Å². The van der Waals surface area contributed by atoms with Crippen LogP contribution in [0.2, 0.25) is 0 Å². The number of nitrogens with zero attached hydrogens (tertiary/aromatic N) is 1. The second kappa shape index (κ2) is 22.6. The molecule has 0 fully saturated rings. The van der Waals surface area contributed by atoms with Crippen LogP contribution in [0.1, 0.15) is 70.7 Å². The van der Waals surface area contributed by atoms with Gasteiger partial charge >= 0.3 is 26.5 Å². The van der Waals surface area contributed by atoms with Crippen molar-refractivity contribution >= 4 is 52.8 Å². The summed E-state index contributed by atoms with van der Waals surface area (Å²) in [6.07, 6.45) is 5.66. The van der Waals surface area contributed by atoms with Crippen LogP contribution in [0.25, 0.3) is 9.70 Å². The van der Waals surface area contributed by atoms with Crippen molar-refractivity contribution in [2.45, 2.75) is 88.2 Å². The highest BCUT2D eigenvalue weighted by Gasteiger charge is 2.81. The van der Waals surface area contributed by atoms with Gasteiger partial charge in [-0.2, -0.15) is 34.8 Å². The van der Waals surface area contributed by atoms with E-state index in [0.717, 1.165) is 63.5 Å². The molecule has 1 heterocycles. The topological polar surface area (TPSA) is 191 Å². The van der Waals surface area contributed by atoms with Gasteiger partial charge < -0.3 is 37.9 Å². The van der Waals surface area contributed by atoms with Gasteiger partial charge in [0.25, 0.3) is 0 Å². The minimum absolute atomic E-state index is 0.0253. The second-order valence-electron chi connectivity index (χ2n) is 18.6. The number of fused-ring (bicyclic) bond motifs is 2. The average Bonchev–Trinajstić information content (AvgIpc) is 3.36. The molecular formula is C54H57F6N3O11S3. The zero-order chi connectivity index (χ0) is 56.5. The summed E-state index contributed by atoms with van der Waals surface area (Å²) in [6.45, 7) is 14.7. The van der Waals surface area contributed by atoms with E-state index in [1.54, 1.807) is 57.4 Å². The number of hydrogen-bond donors (Lipinski definition) is 2. The van der Waals surface area contributed by atoms with E-state index in [0.29, 0.717) is 49.8 Å². The number of sulfonamides is 2. The summed E-state index contributed by atoms with van der Waals surface area (Å²) >= 11 is 0. The summed E-state index contributed by atoms with van der Waals surface area (Å²) < 4.78 is 202. The van der Waals surface area contributed by atoms with Gasteiger partial charge in [0.1, 0.15) is 51.4 Å². The first-order valence-corrected chi connectivity index (χ1v) is 28.3. The van der Waals surface area contributed by atoms with E-state index in [4.69, 9.17) is 18.9 Å². The van der Waals surface area contributed by atoms with Crippen molar-refractivity contribution < 1.29 is 80.0 Å². The third-order valence-corrected chi connectivity index (χ3v) is 17.6. The number of aryl methyl sites for hydroxylation is 5. The Labute approximate surface area is 444 Å². The predicted octanol–water partition coefficient (Wildman–Crippen LogP) is 11.1. The first-order chi connectivity index (χ1) is 36.1. The molecule has 77 heavy (non-hydrogen) atoms. The molecule has 0 aromatic heterocycles. The SMILES string of the molecule is CCC(C)c1ccc(OS(=O)(=O)C(F)(F)C(F)(F)C(F)(F)S(=O)(=O)[N-]S(=O)(=O)c2ccccc2C2=C3C=CC([NH2+]c4c(C)cc(OCCOCCOC)cc4C)C=C3Oc3cc(Nc4c(C)cc(C)cc4C)ccc32)cc1. The molecule has 2 aliphatic rings. The monoisotopic (exact) mass is 1130 g/mol. The molecule has 5 aromatic carbocycles. The quantitative estimate of drug-likeness (QED) is 0.0273. The number of nitrogens with two attached hydrogens (primary N) is 1. The lowest BCUT2D eigenvalue weighted by Gasteiger charge is -2.35. The lowest BCUT2D eigenvalue weighted by atomic mass is 9.87. The maximum Gasteiger partial charge on any atom is 0.450 e. The molecule has 0 spiro atoms. The minimum atomic E-state index is -7.63. The number of ether oxygens (including phenoxy) is 4. The normalized spacial score (nSPS) is 15.6. The molecule has 0 radical (unpaired) electrons. The fourth-order valence-electron chi connectivity index (χ4n) is 8.78. The highest BCUT2D eigenvalue weighted by Crippen LogP contribution is 2.54. The molecule has 1 aliphatic heterocycles. The second-order valence-corrected chi connectivity index (χ2v) is 23.6. The molecule has 14 nitrogen and oxygen atoms in total. The smallest absolute Gasteiger partial charge is 0.450 e. The number of rotatable bonds is 23. The van der Waals surface area contributed by atoms with E-state index in [1.807, 2.05) is 64.2 Å². The molecule has 3 N–H and O–H groups in total. The van der Waals surface area contributed by atoms with Gasteiger partial charge in [0.2, 0.25) is 0 Å². The molecule has 0 saturated heterocycles. The number of halogens is 6. The van der Waals surface area contributed by atoms with E-state index >= 15 is 26.3 Å². The summed E-state index contributed by atoms with van der Waals surface area (Å²) in [5.74, 6) is -7.57. The number of hydrogen-bond acceptors (Lipinski definition) is 12. The number of anilines is 2. The largest absolute Gasteiger partial charge is 0.491 e. The van der Waals surface area contributed by atoms with Crippen molar-refractivity contribution in [3.63, 3.8) is 0 Å². The molecule has 0 bridgehead atoms. The zero-order valence-electron chi connectivity index (χ0n) is 43.1. The van der Waals surface area contributed by atoms with Gasteiger partial charge in [-0.15, -0.1) is 0 Å². The third kappa shape index (κ3) is 12.0. The fraction of sp³-hybridized carbons (Fsp3) is 0.333. The number of allylic oxidation sites excluding steroid dienone is 1. The summed E-state index contributed by atoms with van der Waals surface area (Å²) in [4.78, 5) is -1.13. The molecule has 0 amide bonds. The van der Waals surface area contributed by atoms with Gasteiger partial charge in [0, 0.05) is 64.0 Å². The molecular weight excluding hydrogens is 1080 g/mol. The maximum atomic E-state index is 15.7. The summed E-state index contributed by atoms with van der Waals surface area (Å²) in [6, 6.07) is 20.4. The van der Waals surface area contributed by atoms with Gasteiger partial charge in [-0.3, -0.25) is 0 Å². The lowest BCUT2D eigenvalue weighted by molar-refractivity contribution is -0.588. The van der Waals surface area contributed by atoms with Crippen molar-refractivity contribution in [1.29, 1.82) is 0 Å². The molecule has 1 aliphatic carbocycles. The molecule has 0 saturated carbocycles. The first kappa shape index (κ1) is 58.5. The molecule has 5 aromatic rings. The van der Waals surface area contributed by atoms with Crippen molar-refractivity contribution in [1.82, 2.24) is 0 Å². The van der Waals surface area contributed by atoms with E-state index < -0.39 is 68.8 Å². The van der Waals surface area contributed by atoms with E-state index in [2.05, 4.69) is 13.6 Å². The van der Waals surface area contributed by atoms with Crippen LogP contribution in [0.3, 0.4) is 0 Å². The Morgan fingerprint density at radius 3 is 2.01 bits per heavy atom. The van der Waals surface area contributed by atoms with Crippen LogP contribution in [-0.4, -0.2) is 81.3 Å². The number of nitrogens with one attached hydrogen (secondary N) is 1. The van der Waals surface area contributed by atoms with Crippen LogP contribution in [0.5, 0.6) is 17.2 Å². The minimum Gasteiger partial charge on any atom is -0.491 e. The summed E-state index contributed by atoms with van der Waals surface area (Å²) in [5, 5.41) is -8.85. The number of benzene rings is 5. The van der Waals surface area contributed by atoms with Crippen LogP contribution in [0, 0.1) is 34.6 Å². The van der Waals surface area contributed by atoms with Crippen LogP contribution < -0.4 is 24.3 Å². The maximum absolute atomic E-state index is 15.7. The first-order valence-electron chi connectivity index (χ1n) is 24.0. The zero-order valence-corrected chi connectivity index (χ0v) is 45.5. The van der Waals surface area contributed by atoms with Crippen molar-refractivity contribution in [2.75, 3.05) is 38.9 Å². The van der Waals surface area contributed by atoms with Gasteiger partial charge in [-0.05, 0) is 118 Å². The number of alkyl halides is 6. The summed E-state index contributed by atoms with van der Waals surface area (Å²) in [5.41, 5.74) is 7.34. The van der Waals surface area contributed by atoms with E-state index in [-0.39, 0.29) is 34.1 Å². The standard InChI is InChI=1S/C54H56F6N3O11S3/c1-9-33(3)38-14-18-41(19-15-38)74-77(68,69)54(59,60)52(55,56)53(57,58)76(66,67)63-75(64,65)48-13-11-10-12-45(48)49-43-20-16-39(61-50-34(4)26-32(2)27-35(50)5)30-46(43)73-47-31-40(17-21-44(47)49)62-51-36(6)28-42(29-37(51)7)72-25-24-71-23-22-70-8/h10-21,26-31,33,40,61-62H,9,22-25H2,1-8H3/q-1/p+1. The molecule has 414 valence electrons. The van der Waals surface area contributed by atoms with Crippen LogP contribution in [0.4, 0.5) is 43.4 Å². The molecule has 23 heteroatoms. The predicted molar refractivity (Wildman–Crippen MR) is 279 cm³/mol. The summed E-state index contributed by atoms with van der Waals surface area (Å²) in [7, 11) is -19.3. The van der Waals surface area contributed by atoms with Crippen LogP contribution >= 0.6 is 0 Å². The van der Waals surface area contributed by atoms with Crippen molar-refractivity contribution in [3.8, 4) is 17.2 Å². The fourth-order valence-corrected chi connectivity index (χ4v) is 12.6. The van der Waals surface area contributed by atoms with E-state index in [9.17, 15) is 25.3 Å². The highest BCUT2D eigenvalue weighted by atomic mass is 32.3. The average molecular weight is 1130 g/mol. The lowest BCUT2D eigenvalue weighted by Crippen LogP contribution is -2.84. The number of methoxy groups -OCH3 is 1. The molecule has 7 rings (SSSR count). The molecule has 2 unspecified atom stereocenters. The van der Waals surface area contributed by atoms with Crippen molar-refractivity contribution in [3.05, 3.63) is 169 Å². The highest BCUT2D eigenvalue weighted by molar-refractivity contribution is 8.12. The third-order valence-electron chi connectivity index (χ3n) is 12.9. The van der Waals surface area contributed by atoms with E-state index in [1.165, 1.54) is 24.3 Å². The Morgan fingerprint density at radius 1 is 0.740 bits per heavy atom. The Bertz CT molecular complexity index is 3450. The Kier molecular flexibility index (Phi) is 17.2. The Hall–Kier alpha value is -6.21. The Balaban J connectivity index is 1.24. The molecule has 2 atom stereocenters. The van der Waals surface area contributed by atoms with Crippen LogP contribution in [-0.2, 0) is 39.6 Å². The number of quaternary nitrogens is 1. The Morgan fingerprint density at radius 2 is 1.38 bits per heavy atom. The van der Waals surface area contributed by atoms with Gasteiger partial charge in [0.05, 0.1) is 24.7 Å². The van der Waals surface area contributed by atoms with Crippen LogP contribution in [0.15, 0.2) is 125 Å². The van der Waals surface area contributed by atoms with Crippen molar-refractivity contribution in [2.24, 2.45) is 0 Å². The van der Waals surface area contributed by atoms with Gasteiger partial charge in [0.15, 0.2) is 10.0 Å².